The maximum atomic E-state index is 12.8. The summed E-state index contributed by atoms with van der Waals surface area (Å²) < 4.78 is 5.86. The Bertz CT molecular complexity index is 734. The fourth-order valence-corrected chi connectivity index (χ4v) is 2.96. The van der Waals surface area contributed by atoms with Crippen LogP contribution in [0.2, 0.25) is 0 Å². The van der Waals surface area contributed by atoms with Gasteiger partial charge in [-0.15, -0.1) is 0 Å². The van der Waals surface area contributed by atoms with Crippen molar-refractivity contribution in [2.75, 3.05) is 6.54 Å². The van der Waals surface area contributed by atoms with Crippen LogP contribution in [-0.4, -0.2) is 24.0 Å². The van der Waals surface area contributed by atoms with Crippen LogP contribution >= 0.6 is 0 Å². The number of ether oxygens (including phenoxy) is 1. The van der Waals surface area contributed by atoms with Gasteiger partial charge in [0.15, 0.2) is 0 Å². The third-order valence-electron chi connectivity index (χ3n) is 4.54. The number of hydrogen-bond donors (Lipinski definition) is 2. The molecule has 0 bridgehead atoms. The van der Waals surface area contributed by atoms with E-state index in [0.29, 0.717) is 18.9 Å². The summed E-state index contributed by atoms with van der Waals surface area (Å²) in [5.41, 5.74) is 2.01. The van der Waals surface area contributed by atoms with Crippen LogP contribution in [0.4, 0.5) is 0 Å². The number of carbonyl (C=O) groups excluding carboxylic acids is 1. The average molecular weight is 397 g/mol. The molecule has 0 saturated carbocycles. The zero-order chi connectivity index (χ0) is 21.3. The van der Waals surface area contributed by atoms with Crippen molar-refractivity contribution in [3.05, 3.63) is 65.7 Å². The second-order valence-electron chi connectivity index (χ2n) is 9.05. The Hall–Kier alpha value is -2.33. The zero-order valence-electron chi connectivity index (χ0n) is 18.5. The first-order chi connectivity index (χ1) is 13.7. The lowest BCUT2D eigenvalue weighted by Crippen LogP contribution is -2.51. The predicted octanol–water partition coefficient (Wildman–Crippen LogP) is 4.73. The van der Waals surface area contributed by atoms with Gasteiger partial charge in [-0.25, -0.2) is 0 Å². The highest BCUT2D eigenvalue weighted by molar-refractivity contribution is 5.82. The van der Waals surface area contributed by atoms with Gasteiger partial charge in [0.25, 0.3) is 0 Å². The molecule has 158 valence electrons. The second kappa shape index (κ2) is 11.0. The average Bonchev–Trinajstić information content (AvgIpc) is 2.66. The maximum Gasteiger partial charge on any atom is 0.237 e. The molecule has 2 N–H and O–H groups in total. The molecule has 4 nitrogen and oxygen atoms in total. The summed E-state index contributed by atoms with van der Waals surface area (Å²) in [7, 11) is 0. The quantitative estimate of drug-likeness (QED) is 0.610. The number of nitrogens with one attached hydrogen (secondary N) is 2. The Kier molecular flexibility index (Phi) is 8.71. The summed E-state index contributed by atoms with van der Waals surface area (Å²) >= 11 is 0. The van der Waals surface area contributed by atoms with Crippen molar-refractivity contribution in [1.29, 1.82) is 0 Å². The minimum absolute atomic E-state index is 0.0469. The highest BCUT2D eigenvalue weighted by Gasteiger charge is 2.22. The van der Waals surface area contributed by atoms with E-state index < -0.39 is 0 Å². The zero-order valence-corrected chi connectivity index (χ0v) is 18.5. The second-order valence-corrected chi connectivity index (χ2v) is 9.05. The summed E-state index contributed by atoms with van der Waals surface area (Å²) in [6.45, 7) is 11.8. The van der Waals surface area contributed by atoms with Gasteiger partial charge in [0, 0.05) is 5.54 Å². The normalized spacial score (nSPS) is 12.6. The lowest BCUT2D eigenvalue weighted by Gasteiger charge is -2.26. The van der Waals surface area contributed by atoms with Crippen LogP contribution in [0.15, 0.2) is 54.6 Å². The van der Waals surface area contributed by atoms with E-state index in [1.165, 1.54) is 0 Å². The summed E-state index contributed by atoms with van der Waals surface area (Å²) in [5.74, 6) is 1.49. The molecule has 0 spiro atoms. The van der Waals surface area contributed by atoms with Gasteiger partial charge in [-0.05, 0) is 69.3 Å². The molecule has 0 aliphatic carbocycles. The molecule has 0 aromatic heterocycles. The molecule has 4 heteroatoms. The van der Waals surface area contributed by atoms with Gasteiger partial charge in [0.1, 0.15) is 12.4 Å². The Balaban J connectivity index is 1.96. The Morgan fingerprint density at radius 3 is 2.21 bits per heavy atom. The van der Waals surface area contributed by atoms with Crippen LogP contribution in [0, 0.1) is 5.92 Å². The van der Waals surface area contributed by atoms with Crippen molar-refractivity contribution in [2.45, 2.75) is 65.6 Å². The van der Waals surface area contributed by atoms with Crippen LogP contribution < -0.4 is 15.4 Å². The topological polar surface area (TPSA) is 50.4 Å². The summed E-state index contributed by atoms with van der Waals surface area (Å²) in [5, 5.41) is 6.54. The van der Waals surface area contributed by atoms with Gasteiger partial charge < -0.3 is 15.4 Å². The molecule has 2 aromatic rings. The smallest absolute Gasteiger partial charge is 0.237 e. The van der Waals surface area contributed by atoms with Crippen molar-refractivity contribution in [3.63, 3.8) is 0 Å². The minimum atomic E-state index is -0.246. The number of benzene rings is 2. The van der Waals surface area contributed by atoms with Crippen LogP contribution in [0.3, 0.4) is 0 Å². The number of amides is 1. The molecule has 29 heavy (non-hydrogen) atoms. The fourth-order valence-electron chi connectivity index (χ4n) is 2.96. The molecule has 1 atom stereocenters. The van der Waals surface area contributed by atoms with Gasteiger partial charge in [0.05, 0.1) is 6.04 Å². The van der Waals surface area contributed by atoms with E-state index in [9.17, 15) is 4.79 Å². The largest absolute Gasteiger partial charge is 0.489 e. The summed E-state index contributed by atoms with van der Waals surface area (Å²) in [6, 6.07) is 17.9. The van der Waals surface area contributed by atoms with Crippen molar-refractivity contribution in [3.8, 4) is 5.75 Å². The van der Waals surface area contributed by atoms with E-state index >= 15 is 0 Å². The third-order valence-corrected chi connectivity index (χ3v) is 4.54. The van der Waals surface area contributed by atoms with E-state index in [1.807, 2.05) is 63.2 Å². The molecule has 1 amide bonds. The van der Waals surface area contributed by atoms with Crippen molar-refractivity contribution in [1.82, 2.24) is 10.6 Å². The highest BCUT2D eigenvalue weighted by Crippen LogP contribution is 2.16. The van der Waals surface area contributed by atoms with E-state index in [4.69, 9.17) is 4.74 Å². The molecule has 0 aliphatic heterocycles. The Morgan fingerprint density at radius 1 is 0.966 bits per heavy atom. The number of carbonyl (C=O) groups is 1. The van der Waals surface area contributed by atoms with Crippen LogP contribution in [0.25, 0.3) is 0 Å². The Morgan fingerprint density at radius 2 is 1.62 bits per heavy atom. The standard InChI is InChI=1S/C25H36N2O2/c1-19(2)15-16-26-23(24(28)27-25(3,4)5)17-20-11-13-22(14-12-20)29-18-21-9-7-6-8-10-21/h6-14,19,23,26H,15-18H2,1-5H3,(H,27,28)/t23-/m0/s1. The van der Waals surface area contributed by atoms with Gasteiger partial charge in [-0.1, -0.05) is 56.3 Å². The molecule has 0 aliphatic rings. The summed E-state index contributed by atoms with van der Waals surface area (Å²) in [6.07, 6.45) is 1.70. The van der Waals surface area contributed by atoms with Crippen molar-refractivity contribution < 1.29 is 9.53 Å². The van der Waals surface area contributed by atoms with Crippen molar-refractivity contribution in [2.24, 2.45) is 5.92 Å². The Labute approximate surface area is 176 Å². The lowest BCUT2D eigenvalue weighted by molar-refractivity contribution is -0.124. The first kappa shape index (κ1) is 23.0. The molecule has 0 heterocycles. The molecule has 2 aromatic carbocycles. The SMILES string of the molecule is CC(C)CCN[C@@H](Cc1ccc(OCc2ccccc2)cc1)C(=O)NC(C)(C)C. The number of hydrogen-bond acceptors (Lipinski definition) is 3. The first-order valence-corrected chi connectivity index (χ1v) is 10.5. The molecule has 0 radical (unpaired) electrons. The fraction of sp³-hybridized carbons (Fsp3) is 0.480. The van der Waals surface area contributed by atoms with Crippen LogP contribution in [0.5, 0.6) is 5.75 Å². The van der Waals surface area contributed by atoms with E-state index in [1.54, 1.807) is 0 Å². The molecular weight excluding hydrogens is 360 g/mol. The van der Waals surface area contributed by atoms with Gasteiger partial charge in [0.2, 0.25) is 5.91 Å². The van der Waals surface area contributed by atoms with E-state index in [0.717, 1.165) is 29.8 Å². The van der Waals surface area contributed by atoms with Crippen LogP contribution in [0.1, 0.15) is 52.2 Å². The van der Waals surface area contributed by atoms with Crippen LogP contribution in [-0.2, 0) is 17.8 Å². The summed E-state index contributed by atoms with van der Waals surface area (Å²) in [4.78, 5) is 12.8. The van der Waals surface area contributed by atoms with Gasteiger partial charge in [-0.2, -0.15) is 0 Å². The molecule has 0 saturated heterocycles. The monoisotopic (exact) mass is 396 g/mol. The molecule has 0 fully saturated rings. The third kappa shape index (κ3) is 9.14. The molecule has 0 unspecified atom stereocenters. The minimum Gasteiger partial charge on any atom is -0.489 e. The maximum absolute atomic E-state index is 12.8. The lowest BCUT2D eigenvalue weighted by atomic mass is 10.0. The van der Waals surface area contributed by atoms with Crippen molar-refractivity contribution >= 4 is 5.91 Å². The first-order valence-electron chi connectivity index (χ1n) is 10.5. The van der Waals surface area contributed by atoms with E-state index in [2.05, 4.69) is 36.6 Å². The number of rotatable bonds is 10. The van der Waals surface area contributed by atoms with Gasteiger partial charge >= 0.3 is 0 Å². The van der Waals surface area contributed by atoms with Gasteiger partial charge in [-0.3, -0.25) is 4.79 Å². The molecular formula is C25H36N2O2. The molecule has 2 rings (SSSR count). The van der Waals surface area contributed by atoms with E-state index in [-0.39, 0.29) is 17.5 Å². The predicted molar refractivity (Wildman–Crippen MR) is 120 cm³/mol. The highest BCUT2D eigenvalue weighted by atomic mass is 16.5.